The summed E-state index contributed by atoms with van der Waals surface area (Å²) in [6, 6.07) is 0. The van der Waals surface area contributed by atoms with Gasteiger partial charge in [0.15, 0.2) is 0 Å². The molecule has 0 bridgehead atoms. The van der Waals surface area contributed by atoms with Crippen molar-refractivity contribution in [3.63, 3.8) is 0 Å². The van der Waals surface area contributed by atoms with E-state index in [4.69, 9.17) is 4.74 Å². The molecule has 0 aliphatic heterocycles. The largest absolute Gasteiger partial charge is 0.466 e. The summed E-state index contributed by atoms with van der Waals surface area (Å²) in [4.78, 5) is 11.2. The molecule has 0 aromatic heterocycles. The Hall–Kier alpha value is -0.530. The Balaban J connectivity index is 4.03. The van der Waals surface area contributed by atoms with E-state index in [1.165, 1.54) is 0 Å². The molecule has 0 rings (SSSR count). The fraction of sp³-hybridized carbons (Fsp3) is 0.889. The fourth-order valence-electron chi connectivity index (χ4n) is 0.621. The summed E-state index contributed by atoms with van der Waals surface area (Å²) in [5, 5.41) is 0. The minimum atomic E-state index is -0.0972. The second-order valence-electron chi connectivity index (χ2n) is 3.84. The molecule has 11 heavy (non-hydrogen) atoms. The predicted octanol–water partition coefficient (Wildman–Crippen LogP) is 2.23. The van der Waals surface area contributed by atoms with Crippen LogP contribution in [-0.2, 0) is 9.53 Å². The number of esters is 1. The van der Waals surface area contributed by atoms with Crippen molar-refractivity contribution < 1.29 is 9.53 Å². The third kappa shape index (κ3) is 3.40. The second-order valence-corrected chi connectivity index (χ2v) is 3.84. The van der Waals surface area contributed by atoms with Gasteiger partial charge in [-0.2, -0.15) is 0 Å². The molecule has 1 unspecified atom stereocenters. The first-order chi connectivity index (χ1) is 4.89. The zero-order chi connectivity index (χ0) is 9.07. The van der Waals surface area contributed by atoms with Crippen LogP contribution in [0.5, 0.6) is 0 Å². The normalized spacial score (nSPS) is 14.3. The molecule has 0 N–H and O–H groups in total. The Labute approximate surface area is 68.9 Å². The van der Waals surface area contributed by atoms with Crippen molar-refractivity contribution in [1.29, 1.82) is 0 Å². The van der Waals surface area contributed by atoms with Crippen LogP contribution in [0.15, 0.2) is 0 Å². The van der Waals surface area contributed by atoms with Crippen molar-refractivity contribution in [3.8, 4) is 0 Å². The van der Waals surface area contributed by atoms with Gasteiger partial charge in [0.2, 0.25) is 0 Å². The summed E-state index contributed by atoms with van der Waals surface area (Å²) in [5.41, 5.74) is 0.00620. The van der Waals surface area contributed by atoms with Gasteiger partial charge in [0.05, 0.1) is 12.5 Å². The van der Waals surface area contributed by atoms with Crippen LogP contribution in [0.25, 0.3) is 0 Å². The van der Waals surface area contributed by atoms with E-state index in [0.29, 0.717) is 6.61 Å². The molecule has 0 aliphatic rings. The third-order valence-electron chi connectivity index (χ3n) is 1.94. The lowest BCUT2D eigenvalue weighted by molar-refractivity contribution is -0.150. The zero-order valence-electron chi connectivity index (χ0n) is 8.10. The fourth-order valence-corrected chi connectivity index (χ4v) is 0.621. The van der Waals surface area contributed by atoms with Crippen molar-refractivity contribution in [2.45, 2.75) is 34.6 Å². The van der Waals surface area contributed by atoms with E-state index in [2.05, 4.69) is 0 Å². The van der Waals surface area contributed by atoms with Gasteiger partial charge in [-0.05, 0) is 12.3 Å². The lowest BCUT2D eigenvalue weighted by atomic mass is 9.82. The molecule has 0 aromatic rings. The van der Waals surface area contributed by atoms with E-state index >= 15 is 0 Å². The van der Waals surface area contributed by atoms with Crippen LogP contribution < -0.4 is 0 Å². The van der Waals surface area contributed by atoms with Gasteiger partial charge in [-0.1, -0.05) is 27.7 Å². The lowest BCUT2D eigenvalue weighted by Crippen LogP contribution is -2.27. The Kier molecular flexibility index (Phi) is 3.56. The molecule has 0 saturated carbocycles. The van der Waals surface area contributed by atoms with Crippen LogP contribution in [0, 0.1) is 11.3 Å². The first kappa shape index (κ1) is 10.5. The van der Waals surface area contributed by atoms with E-state index in [0.717, 1.165) is 0 Å². The van der Waals surface area contributed by atoms with E-state index in [-0.39, 0.29) is 17.3 Å². The highest BCUT2D eigenvalue weighted by Gasteiger charge is 2.27. The number of hydrogen-bond donors (Lipinski definition) is 0. The van der Waals surface area contributed by atoms with Gasteiger partial charge in [-0.3, -0.25) is 4.79 Å². The third-order valence-corrected chi connectivity index (χ3v) is 1.94. The molecule has 0 spiro atoms. The number of carbonyl (C=O) groups excluding carboxylic acids is 1. The Bertz CT molecular complexity index is 133. The molecule has 1 atom stereocenters. The standard InChI is InChI=1S/C9H18O2/c1-6-11-8(10)7(2)9(3,4)5/h7H,6H2,1-5H3. The maximum atomic E-state index is 11.2. The van der Waals surface area contributed by atoms with E-state index in [1.807, 2.05) is 34.6 Å². The van der Waals surface area contributed by atoms with Crippen molar-refractivity contribution in [2.75, 3.05) is 6.61 Å². The molecular weight excluding hydrogens is 140 g/mol. The topological polar surface area (TPSA) is 26.3 Å². The summed E-state index contributed by atoms with van der Waals surface area (Å²) in [5.74, 6) is -0.123. The minimum absolute atomic E-state index is 0.00620. The predicted molar refractivity (Wildman–Crippen MR) is 45.3 cm³/mol. The highest BCUT2D eigenvalue weighted by atomic mass is 16.5. The molecule has 0 heterocycles. The first-order valence-electron chi connectivity index (χ1n) is 4.06. The molecule has 0 amide bonds. The summed E-state index contributed by atoms with van der Waals surface area (Å²) < 4.78 is 4.89. The molecule has 0 fully saturated rings. The van der Waals surface area contributed by atoms with Gasteiger partial charge < -0.3 is 4.74 Å². The number of rotatable bonds is 2. The van der Waals surface area contributed by atoms with Gasteiger partial charge in [-0.25, -0.2) is 0 Å². The Morgan fingerprint density at radius 3 is 2.18 bits per heavy atom. The molecule has 2 heteroatoms. The minimum Gasteiger partial charge on any atom is -0.466 e. The maximum absolute atomic E-state index is 11.2. The molecule has 0 aliphatic carbocycles. The van der Waals surface area contributed by atoms with E-state index < -0.39 is 0 Å². The summed E-state index contributed by atoms with van der Waals surface area (Å²) in [6.07, 6.45) is 0. The van der Waals surface area contributed by atoms with Crippen molar-refractivity contribution in [3.05, 3.63) is 0 Å². The molecule has 0 aromatic carbocycles. The number of ether oxygens (including phenoxy) is 1. The quantitative estimate of drug-likeness (QED) is 0.576. The average Bonchev–Trinajstić information content (AvgIpc) is 1.85. The molecule has 0 saturated heterocycles. The van der Waals surface area contributed by atoms with Gasteiger partial charge in [0, 0.05) is 0 Å². The molecule has 0 radical (unpaired) electrons. The highest BCUT2D eigenvalue weighted by Crippen LogP contribution is 2.25. The Morgan fingerprint density at radius 1 is 1.45 bits per heavy atom. The van der Waals surface area contributed by atoms with Crippen molar-refractivity contribution in [1.82, 2.24) is 0 Å². The van der Waals surface area contributed by atoms with Crippen molar-refractivity contribution in [2.24, 2.45) is 11.3 Å². The van der Waals surface area contributed by atoms with Crippen LogP contribution in [0.3, 0.4) is 0 Å². The Morgan fingerprint density at radius 2 is 1.91 bits per heavy atom. The lowest BCUT2D eigenvalue weighted by Gasteiger charge is -2.24. The zero-order valence-corrected chi connectivity index (χ0v) is 8.10. The number of carbonyl (C=O) groups is 1. The maximum Gasteiger partial charge on any atom is 0.309 e. The van der Waals surface area contributed by atoms with Crippen LogP contribution in [0.4, 0.5) is 0 Å². The first-order valence-corrected chi connectivity index (χ1v) is 4.06. The average molecular weight is 158 g/mol. The van der Waals surface area contributed by atoms with Crippen LogP contribution >= 0.6 is 0 Å². The number of hydrogen-bond acceptors (Lipinski definition) is 2. The van der Waals surface area contributed by atoms with E-state index in [1.54, 1.807) is 0 Å². The molecule has 66 valence electrons. The summed E-state index contributed by atoms with van der Waals surface area (Å²) in [6.45, 7) is 10.3. The van der Waals surface area contributed by atoms with Gasteiger partial charge >= 0.3 is 5.97 Å². The smallest absolute Gasteiger partial charge is 0.309 e. The highest BCUT2D eigenvalue weighted by molar-refractivity contribution is 5.72. The van der Waals surface area contributed by atoms with Gasteiger partial charge in [-0.15, -0.1) is 0 Å². The summed E-state index contributed by atoms with van der Waals surface area (Å²) in [7, 11) is 0. The van der Waals surface area contributed by atoms with Crippen LogP contribution in [-0.4, -0.2) is 12.6 Å². The van der Waals surface area contributed by atoms with E-state index in [9.17, 15) is 4.79 Å². The molecular formula is C9H18O2. The molecule has 2 nitrogen and oxygen atoms in total. The van der Waals surface area contributed by atoms with Gasteiger partial charge in [0.1, 0.15) is 0 Å². The second kappa shape index (κ2) is 3.74. The van der Waals surface area contributed by atoms with Crippen LogP contribution in [0.1, 0.15) is 34.6 Å². The van der Waals surface area contributed by atoms with Crippen LogP contribution in [0.2, 0.25) is 0 Å². The monoisotopic (exact) mass is 158 g/mol. The van der Waals surface area contributed by atoms with Gasteiger partial charge in [0.25, 0.3) is 0 Å². The van der Waals surface area contributed by atoms with Crippen molar-refractivity contribution >= 4 is 5.97 Å². The SMILES string of the molecule is CCOC(=O)C(C)C(C)(C)C. The summed E-state index contributed by atoms with van der Waals surface area (Å²) >= 11 is 0.